The second-order valence-corrected chi connectivity index (χ2v) is 8.31. The van der Waals surface area contributed by atoms with E-state index in [2.05, 4.69) is 4.89 Å². The molecular formula is C19H36O16. The molecule has 2 aliphatic rings. The van der Waals surface area contributed by atoms with Crippen LogP contribution in [0.4, 0.5) is 0 Å². The van der Waals surface area contributed by atoms with Crippen LogP contribution in [0.3, 0.4) is 0 Å². The predicted octanol–water partition coefficient (Wildman–Crippen LogP) is -6.32. The lowest BCUT2D eigenvalue weighted by molar-refractivity contribution is -0.365. The van der Waals surface area contributed by atoms with E-state index in [0.717, 1.165) is 7.11 Å². The Balaban J connectivity index is 2.26. The molecule has 0 saturated carbocycles. The van der Waals surface area contributed by atoms with Gasteiger partial charge in [-0.05, 0) is 6.92 Å². The molecule has 0 spiro atoms. The van der Waals surface area contributed by atoms with Crippen molar-refractivity contribution in [1.29, 1.82) is 0 Å². The third-order valence-corrected chi connectivity index (χ3v) is 5.92. The third-order valence-electron chi connectivity index (χ3n) is 5.92. The number of rotatable bonds is 12. The summed E-state index contributed by atoms with van der Waals surface area (Å²) in [5.41, 5.74) is 0. The number of aliphatic hydroxyl groups is 10. The van der Waals surface area contributed by atoms with Gasteiger partial charge in [-0.1, -0.05) is 0 Å². The first-order valence-electron chi connectivity index (χ1n) is 10.9. The molecule has 2 fully saturated rings. The Bertz CT molecular complexity index is 609. The lowest BCUT2D eigenvalue weighted by Gasteiger charge is -2.44. The van der Waals surface area contributed by atoms with Crippen molar-refractivity contribution in [2.24, 2.45) is 0 Å². The zero-order chi connectivity index (χ0) is 26.4. The molecule has 0 aromatic carbocycles. The Morgan fingerprint density at radius 2 is 1.17 bits per heavy atom. The molecule has 16 heteroatoms. The molecule has 0 amide bonds. The Kier molecular flexibility index (Phi) is 12.0. The first kappa shape index (κ1) is 30.6. The van der Waals surface area contributed by atoms with Crippen LogP contribution in [0.2, 0.25) is 0 Å². The van der Waals surface area contributed by atoms with Gasteiger partial charge in [-0.3, -0.25) is 0 Å². The van der Waals surface area contributed by atoms with E-state index in [9.17, 15) is 51.1 Å². The van der Waals surface area contributed by atoms with E-state index in [-0.39, 0.29) is 0 Å². The van der Waals surface area contributed by atoms with E-state index >= 15 is 0 Å². The molecule has 10 N–H and O–H groups in total. The van der Waals surface area contributed by atoms with Crippen molar-refractivity contribution in [1.82, 2.24) is 0 Å². The normalized spacial score (nSPS) is 41.8. The maximum absolute atomic E-state index is 10.8. The van der Waals surface area contributed by atoms with Crippen LogP contribution >= 0.6 is 0 Å². The van der Waals surface area contributed by atoms with Crippen molar-refractivity contribution in [3.8, 4) is 0 Å². The first-order valence-corrected chi connectivity index (χ1v) is 10.9. The van der Waals surface area contributed by atoms with Gasteiger partial charge >= 0.3 is 0 Å². The molecule has 0 aromatic heterocycles. The zero-order valence-corrected chi connectivity index (χ0v) is 19.1. The van der Waals surface area contributed by atoms with Crippen LogP contribution in [0.15, 0.2) is 0 Å². The molecule has 2 aliphatic heterocycles. The number of ether oxygens (including phenoxy) is 4. The second kappa shape index (κ2) is 13.8. The van der Waals surface area contributed by atoms with Crippen molar-refractivity contribution in [2.45, 2.75) is 92.8 Å². The maximum Gasteiger partial charge on any atom is 0.187 e. The molecule has 2 rings (SSSR count). The average Bonchev–Trinajstić information content (AvgIpc) is 2.85. The van der Waals surface area contributed by atoms with Crippen LogP contribution < -0.4 is 0 Å². The third kappa shape index (κ3) is 7.02. The average molecular weight is 520 g/mol. The Labute approximate surface area is 200 Å². The van der Waals surface area contributed by atoms with E-state index < -0.39 is 106 Å². The van der Waals surface area contributed by atoms with E-state index in [1.165, 1.54) is 6.92 Å². The van der Waals surface area contributed by atoms with Crippen molar-refractivity contribution < 1.29 is 79.8 Å². The molecule has 16 nitrogen and oxygen atoms in total. The van der Waals surface area contributed by atoms with Crippen LogP contribution in [0.1, 0.15) is 6.92 Å². The van der Waals surface area contributed by atoms with Crippen molar-refractivity contribution in [3.63, 3.8) is 0 Å². The fourth-order valence-electron chi connectivity index (χ4n) is 3.80. The molecule has 0 radical (unpaired) electrons. The summed E-state index contributed by atoms with van der Waals surface area (Å²) in [5.74, 6) is 0. The highest BCUT2D eigenvalue weighted by Gasteiger charge is 2.49. The monoisotopic (exact) mass is 520 g/mol. The van der Waals surface area contributed by atoms with E-state index in [1.807, 2.05) is 0 Å². The topological polar surface area (TPSA) is 258 Å². The fourth-order valence-corrected chi connectivity index (χ4v) is 3.80. The Morgan fingerprint density at radius 3 is 1.57 bits per heavy atom. The molecule has 0 aromatic rings. The van der Waals surface area contributed by atoms with Gasteiger partial charge in [0.1, 0.15) is 67.1 Å². The van der Waals surface area contributed by atoms with Crippen molar-refractivity contribution in [2.75, 3.05) is 26.9 Å². The highest BCUT2D eigenvalue weighted by atomic mass is 17.2. The van der Waals surface area contributed by atoms with Gasteiger partial charge in [0.05, 0.1) is 33.0 Å². The smallest absolute Gasteiger partial charge is 0.187 e. The molecule has 2 heterocycles. The first-order chi connectivity index (χ1) is 16.5. The molecule has 10 unspecified atom stereocenters. The number of hydrogen-bond donors (Lipinski definition) is 10. The summed E-state index contributed by atoms with van der Waals surface area (Å²) in [4.78, 5) is 9.29. The molecule has 14 atom stereocenters. The van der Waals surface area contributed by atoms with Gasteiger partial charge in [-0.15, -0.1) is 0 Å². The summed E-state index contributed by atoms with van der Waals surface area (Å²) >= 11 is 0. The predicted molar refractivity (Wildman–Crippen MR) is 108 cm³/mol. The van der Waals surface area contributed by atoms with E-state index in [4.69, 9.17) is 23.8 Å². The summed E-state index contributed by atoms with van der Waals surface area (Å²) in [7, 11) is 1.11. The van der Waals surface area contributed by atoms with Gasteiger partial charge in [0.2, 0.25) is 0 Å². The highest BCUT2D eigenvalue weighted by molar-refractivity contribution is 4.92. The SMILES string of the molecule is COO[C@H](CO)C(O)C(OC1O[C@H](CO)C(O)C(O)C1O)[C@H](C)O[C@@H]1OC(CO)C(O)C(O)C1O. The minimum Gasteiger partial charge on any atom is -0.394 e. The van der Waals surface area contributed by atoms with Gasteiger partial charge in [0.15, 0.2) is 12.6 Å². The molecule has 0 bridgehead atoms. The lowest BCUT2D eigenvalue weighted by atomic mass is 9.98. The van der Waals surface area contributed by atoms with Crippen LogP contribution in [0, 0.1) is 0 Å². The molecule has 2 saturated heterocycles. The van der Waals surface area contributed by atoms with Crippen molar-refractivity contribution >= 4 is 0 Å². The molecular weight excluding hydrogens is 484 g/mol. The maximum atomic E-state index is 10.8. The van der Waals surface area contributed by atoms with Crippen LogP contribution in [-0.4, -0.2) is 164 Å². The molecule has 35 heavy (non-hydrogen) atoms. The fraction of sp³-hybridized carbons (Fsp3) is 1.00. The standard InChI is InChI=1S/C19H36O16/c1-6(31-18-15(28)13(26)10(23)7(3-20)32-18)17(12(25)9(5-22)35-30-2)34-19-16(29)14(27)11(24)8(4-21)33-19/h6-29H,3-5H2,1-2H3/t6-,7?,8+,9+,10?,11?,12?,13?,14?,15?,16?,17?,18+,19?/m0/s1. The summed E-state index contributed by atoms with van der Waals surface area (Å²) < 4.78 is 21.8. The second-order valence-electron chi connectivity index (χ2n) is 8.31. The van der Waals surface area contributed by atoms with Gasteiger partial charge in [0.25, 0.3) is 0 Å². The number of hydrogen-bond acceptors (Lipinski definition) is 16. The summed E-state index contributed by atoms with van der Waals surface area (Å²) in [6.07, 6.45) is -22.6. The van der Waals surface area contributed by atoms with Gasteiger partial charge < -0.3 is 70.0 Å². The summed E-state index contributed by atoms with van der Waals surface area (Å²) in [6, 6.07) is 0. The highest BCUT2D eigenvalue weighted by Crippen LogP contribution is 2.28. The molecule has 0 aliphatic carbocycles. The zero-order valence-electron chi connectivity index (χ0n) is 19.1. The Morgan fingerprint density at radius 1 is 0.714 bits per heavy atom. The van der Waals surface area contributed by atoms with Gasteiger partial charge in [0, 0.05) is 0 Å². The van der Waals surface area contributed by atoms with E-state index in [1.54, 1.807) is 0 Å². The van der Waals surface area contributed by atoms with E-state index in [0.29, 0.717) is 0 Å². The van der Waals surface area contributed by atoms with Crippen molar-refractivity contribution in [3.05, 3.63) is 0 Å². The van der Waals surface area contributed by atoms with Gasteiger partial charge in [-0.2, -0.15) is 0 Å². The largest absolute Gasteiger partial charge is 0.394 e. The lowest BCUT2D eigenvalue weighted by Crippen LogP contribution is -2.62. The minimum absolute atomic E-state index is 0.721. The minimum atomic E-state index is -1.85. The van der Waals surface area contributed by atoms with Crippen LogP contribution in [0.25, 0.3) is 0 Å². The summed E-state index contributed by atoms with van der Waals surface area (Å²) in [6.45, 7) is -0.946. The number of aliphatic hydroxyl groups excluding tert-OH is 10. The molecule has 208 valence electrons. The Hall–Kier alpha value is -0.640. The van der Waals surface area contributed by atoms with Gasteiger partial charge in [-0.25, -0.2) is 9.78 Å². The quantitative estimate of drug-likeness (QED) is 0.0847. The summed E-state index contributed by atoms with van der Waals surface area (Å²) in [5, 5.41) is 99.6. The van der Waals surface area contributed by atoms with Crippen LogP contribution in [-0.2, 0) is 28.7 Å². The van der Waals surface area contributed by atoms with Crippen LogP contribution in [0.5, 0.6) is 0 Å².